The van der Waals surface area contributed by atoms with E-state index in [-0.39, 0.29) is 15.7 Å². The third-order valence-corrected chi connectivity index (χ3v) is 7.34. The van der Waals surface area contributed by atoms with Gasteiger partial charge in [-0.15, -0.1) is 0 Å². The van der Waals surface area contributed by atoms with Gasteiger partial charge < -0.3 is 14.7 Å². The number of alkyl halides is 1. The maximum Gasteiger partial charge on any atom is 0.307 e. The highest BCUT2D eigenvalue weighted by atomic mass is 127. The molecule has 0 atom stereocenters. The van der Waals surface area contributed by atoms with Crippen molar-refractivity contribution in [1.82, 2.24) is 15.0 Å². The summed E-state index contributed by atoms with van der Waals surface area (Å²) < 4.78 is 19.1. The van der Waals surface area contributed by atoms with Crippen LogP contribution < -0.4 is 9.64 Å². The number of carboxylic acid groups (broad SMARTS) is 1. The number of piperidine rings is 1. The Morgan fingerprint density at radius 3 is 2.43 bits per heavy atom. The molecule has 4 rings (SSSR count). The van der Waals surface area contributed by atoms with Crippen LogP contribution in [0, 0.1) is 12.7 Å². The van der Waals surface area contributed by atoms with Gasteiger partial charge in [-0.1, -0.05) is 41.6 Å². The molecule has 9 heteroatoms. The number of pyridine rings is 1. The number of aryl methyl sites for hydroxylation is 1. The van der Waals surface area contributed by atoms with Gasteiger partial charge in [-0.2, -0.15) is 0 Å². The number of benzene rings is 1. The van der Waals surface area contributed by atoms with Crippen LogP contribution in [0.25, 0.3) is 11.4 Å². The molecule has 1 saturated heterocycles. The standard InChI is InChI=1S/C26H28FIN4O3/c1-17-21(13-23(33)34)24(32-10-8-26(2,28)9-11-32)22(16-29-17)25-30-14-20(15-31-25)35-12-7-18-3-5-19(27)6-4-18/h3-6,14-16H,7-13H2,1-2H3,(H,33,34). The van der Waals surface area contributed by atoms with Crippen LogP contribution in [-0.4, -0.2) is 49.1 Å². The fourth-order valence-corrected chi connectivity index (χ4v) is 4.67. The molecule has 184 valence electrons. The summed E-state index contributed by atoms with van der Waals surface area (Å²) in [6.45, 7) is 6.16. The average Bonchev–Trinajstić information content (AvgIpc) is 2.82. The minimum Gasteiger partial charge on any atom is -0.490 e. The largest absolute Gasteiger partial charge is 0.490 e. The maximum atomic E-state index is 13.1. The van der Waals surface area contributed by atoms with Crippen molar-refractivity contribution in [3.05, 3.63) is 65.5 Å². The van der Waals surface area contributed by atoms with E-state index in [9.17, 15) is 14.3 Å². The second-order valence-electron chi connectivity index (χ2n) is 9.02. The quantitative estimate of drug-likeness (QED) is 0.291. The number of aliphatic carboxylic acids is 1. The summed E-state index contributed by atoms with van der Waals surface area (Å²) in [7, 11) is 0. The molecule has 0 radical (unpaired) electrons. The monoisotopic (exact) mass is 590 g/mol. The Hall–Kier alpha value is -2.82. The lowest BCUT2D eigenvalue weighted by molar-refractivity contribution is -0.136. The predicted molar refractivity (Wildman–Crippen MR) is 141 cm³/mol. The van der Waals surface area contributed by atoms with Crippen molar-refractivity contribution in [1.29, 1.82) is 0 Å². The molecule has 2 aromatic heterocycles. The van der Waals surface area contributed by atoms with E-state index in [1.54, 1.807) is 30.7 Å². The zero-order valence-electron chi connectivity index (χ0n) is 19.8. The van der Waals surface area contributed by atoms with E-state index < -0.39 is 5.97 Å². The van der Waals surface area contributed by atoms with Gasteiger partial charge in [0.05, 0.1) is 36.7 Å². The lowest BCUT2D eigenvalue weighted by Crippen LogP contribution is -2.40. The molecule has 0 amide bonds. The van der Waals surface area contributed by atoms with Gasteiger partial charge in [0.25, 0.3) is 0 Å². The van der Waals surface area contributed by atoms with E-state index in [4.69, 9.17) is 4.74 Å². The van der Waals surface area contributed by atoms with E-state index in [1.807, 2.05) is 6.92 Å². The minimum absolute atomic E-state index is 0.107. The third-order valence-electron chi connectivity index (χ3n) is 6.26. The minimum atomic E-state index is -0.894. The van der Waals surface area contributed by atoms with E-state index >= 15 is 0 Å². The number of carboxylic acids is 1. The summed E-state index contributed by atoms with van der Waals surface area (Å²) in [5, 5.41) is 9.56. The summed E-state index contributed by atoms with van der Waals surface area (Å²) in [6, 6.07) is 6.34. The molecular formula is C26H28FIN4O3. The van der Waals surface area contributed by atoms with Crippen LogP contribution in [0.1, 0.15) is 36.6 Å². The lowest BCUT2D eigenvalue weighted by Gasteiger charge is -2.38. The van der Waals surface area contributed by atoms with Crippen molar-refractivity contribution < 1.29 is 19.0 Å². The summed E-state index contributed by atoms with van der Waals surface area (Å²) in [5.74, 6) is -0.146. The third kappa shape index (κ3) is 6.45. The predicted octanol–water partition coefficient (Wildman–Crippen LogP) is 5.03. The van der Waals surface area contributed by atoms with Gasteiger partial charge in [0.15, 0.2) is 11.6 Å². The molecule has 1 N–H and O–H groups in total. The SMILES string of the molecule is Cc1ncc(-c2ncc(OCCc3ccc(F)cc3)cn2)c(N2CCC(C)(I)CC2)c1CC(=O)O. The molecule has 3 aromatic rings. The van der Waals surface area contributed by atoms with E-state index in [1.165, 1.54) is 12.1 Å². The van der Waals surface area contributed by atoms with Crippen LogP contribution >= 0.6 is 22.6 Å². The molecule has 0 spiro atoms. The van der Waals surface area contributed by atoms with Crippen molar-refractivity contribution in [2.24, 2.45) is 0 Å². The summed E-state index contributed by atoms with van der Waals surface area (Å²) in [4.78, 5) is 27.4. The summed E-state index contributed by atoms with van der Waals surface area (Å²) in [6.07, 6.45) is 7.50. The van der Waals surface area contributed by atoms with Crippen LogP contribution in [0.4, 0.5) is 10.1 Å². The highest BCUT2D eigenvalue weighted by Gasteiger charge is 2.30. The number of nitrogens with zero attached hydrogens (tertiary/aromatic N) is 4. The molecule has 0 bridgehead atoms. The number of ether oxygens (including phenoxy) is 1. The summed E-state index contributed by atoms with van der Waals surface area (Å²) in [5.41, 5.74) is 3.97. The molecule has 0 unspecified atom stereocenters. The van der Waals surface area contributed by atoms with Crippen molar-refractivity contribution >= 4 is 34.2 Å². The zero-order valence-corrected chi connectivity index (χ0v) is 22.0. The molecule has 1 aliphatic rings. The molecule has 35 heavy (non-hydrogen) atoms. The van der Waals surface area contributed by atoms with Gasteiger partial charge in [-0.25, -0.2) is 14.4 Å². The fourth-order valence-electron chi connectivity index (χ4n) is 4.19. The molecule has 1 aliphatic heterocycles. The second-order valence-corrected chi connectivity index (χ2v) is 11.6. The number of hydrogen-bond donors (Lipinski definition) is 1. The number of rotatable bonds is 8. The first-order valence-corrected chi connectivity index (χ1v) is 12.6. The van der Waals surface area contributed by atoms with E-state index in [0.29, 0.717) is 35.9 Å². The maximum absolute atomic E-state index is 13.1. The smallest absolute Gasteiger partial charge is 0.307 e. The van der Waals surface area contributed by atoms with Gasteiger partial charge in [0, 0.05) is 40.4 Å². The Balaban J connectivity index is 1.56. The highest BCUT2D eigenvalue weighted by molar-refractivity contribution is 14.1. The van der Waals surface area contributed by atoms with Crippen LogP contribution in [-0.2, 0) is 17.6 Å². The van der Waals surface area contributed by atoms with Gasteiger partial charge >= 0.3 is 5.97 Å². The first-order valence-electron chi connectivity index (χ1n) is 11.6. The zero-order chi connectivity index (χ0) is 25.0. The number of halogens is 2. The van der Waals surface area contributed by atoms with Crippen molar-refractivity contribution in [3.8, 4) is 17.1 Å². The van der Waals surface area contributed by atoms with Crippen LogP contribution in [0.2, 0.25) is 0 Å². The Labute approximate surface area is 217 Å². The number of carbonyl (C=O) groups is 1. The Bertz CT molecular complexity index is 1180. The topological polar surface area (TPSA) is 88.4 Å². The second kappa shape index (κ2) is 10.8. The fraction of sp³-hybridized carbons (Fsp3) is 0.385. The van der Waals surface area contributed by atoms with Gasteiger partial charge in [-0.05, 0) is 37.5 Å². The number of hydrogen-bond acceptors (Lipinski definition) is 6. The molecule has 0 aliphatic carbocycles. The normalized spacial score (nSPS) is 15.1. The van der Waals surface area contributed by atoms with Crippen molar-refractivity contribution in [2.45, 2.75) is 43.0 Å². The highest BCUT2D eigenvalue weighted by Crippen LogP contribution is 2.39. The van der Waals surface area contributed by atoms with Crippen LogP contribution in [0.15, 0.2) is 42.9 Å². The Kier molecular flexibility index (Phi) is 7.83. The molecule has 3 heterocycles. The average molecular weight is 590 g/mol. The van der Waals surface area contributed by atoms with Gasteiger partial charge in [0.2, 0.25) is 0 Å². The molecule has 1 fully saturated rings. The molecule has 0 saturated carbocycles. The molecule has 1 aromatic carbocycles. The van der Waals surface area contributed by atoms with Crippen LogP contribution in [0.3, 0.4) is 0 Å². The number of aromatic nitrogens is 3. The van der Waals surface area contributed by atoms with Crippen molar-refractivity contribution in [2.75, 3.05) is 24.6 Å². The first-order chi connectivity index (χ1) is 16.7. The molecule has 7 nitrogen and oxygen atoms in total. The van der Waals surface area contributed by atoms with E-state index in [2.05, 4.69) is 49.4 Å². The van der Waals surface area contributed by atoms with Gasteiger partial charge in [0.1, 0.15) is 5.82 Å². The number of anilines is 1. The van der Waals surface area contributed by atoms with E-state index in [0.717, 1.165) is 42.7 Å². The lowest BCUT2D eigenvalue weighted by atomic mass is 9.95. The Morgan fingerprint density at radius 1 is 1.14 bits per heavy atom. The molecular weight excluding hydrogens is 562 g/mol. The van der Waals surface area contributed by atoms with Crippen LogP contribution in [0.5, 0.6) is 5.75 Å². The summed E-state index contributed by atoms with van der Waals surface area (Å²) >= 11 is 2.51. The first kappa shape index (κ1) is 25.3. The Morgan fingerprint density at radius 2 is 1.80 bits per heavy atom. The van der Waals surface area contributed by atoms with Crippen molar-refractivity contribution in [3.63, 3.8) is 0 Å². The van der Waals surface area contributed by atoms with Gasteiger partial charge in [-0.3, -0.25) is 9.78 Å².